The summed E-state index contributed by atoms with van der Waals surface area (Å²) in [5.41, 5.74) is 1.72. The van der Waals surface area contributed by atoms with Crippen LogP contribution in [0.25, 0.3) is 11.0 Å². The number of benzene rings is 2. The van der Waals surface area contributed by atoms with E-state index < -0.39 is 17.7 Å². The van der Waals surface area contributed by atoms with Gasteiger partial charge in [0.1, 0.15) is 6.04 Å². The molecule has 174 valence electrons. The molecule has 3 aromatic rings. The normalized spacial score (nSPS) is 15.2. The molecule has 2 heterocycles. The van der Waals surface area contributed by atoms with Gasteiger partial charge in [-0.2, -0.15) is 0 Å². The van der Waals surface area contributed by atoms with Crippen LogP contribution in [0, 0.1) is 17.6 Å². The van der Waals surface area contributed by atoms with Gasteiger partial charge < -0.3 is 19.7 Å². The molecular formula is C24H27F2N5O2. The van der Waals surface area contributed by atoms with Crippen LogP contribution in [0.5, 0.6) is 0 Å². The largest absolute Gasteiger partial charge is 0.368 e. The van der Waals surface area contributed by atoms with Crippen molar-refractivity contribution >= 4 is 28.5 Å². The van der Waals surface area contributed by atoms with Gasteiger partial charge in [0.15, 0.2) is 11.6 Å². The Morgan fingerprint density at radius 2 is 1.70 bits per heavy atom. The number of rotatable bonds is 6. The van der Waals surface area contributed by atoms with Crippen molar-refractivity contribution in [2.24, 2.45) is 5.92 Å². The Hall–Kier alpha value is -3.49. The van der Waals surface area contributed by atoms with Gasteiger partial charge in [0.25, 0.3) is 0 Å². The van der Waals surface area contributed by atoms with E-state index in [1.807, 2.05) is 44.2 Å². The van der Waals surface area contributed by atoms with E-state index in [1.54, 1.807) is 4.90 Å². The minimum absolute atomic E-state index is 0.122. The SMILES string of the molecule is CC(C)C(C(=O)NCC(=O)N1CCN(c2ccccc2)CC1)n1cnc2cc(F)c(F)cc21. The average Bonchev–Trinajstić information content (AvgIpc) is 3.20. The molecule has 1 saturated heterocycles. The summed E-state index contributed by atoms with van der Waals surface area (Å²) in [6.07, 6.45) is 1.40. The molecule has 9 heteroatoms. The molecule has 0 radical (unpaired) electrons. The summed E-state index contributed by atoms with van der Waals surface area (Å²) in [6.45, 7) is 6.18. The topological polar surface area (TPSA) is 70.5 Å². The van der Waals surface area contributed by atoms with Gasteiger partial charge in [0, 0.05) is 44.0 Å². The molecule has 0 spiro atoms. The van der Waals surface area contributed by atoms with E-state index in [0.717, 1.165) is 30.9 Å². The number of carbonyl (C=O) groups is 2. The molecule has 4 rings (SSSR count). The first kappa shape index (κ1) is 22.7. The lowest BCUT2D eigenvalue weighted by atomic mass is 10.0. The molecule has 33 heavy (non-hydrogen) atoms. The molecule has 1 aliphatic rings. The summed E-state index contributed by atoms with van der Waals surface area (Å²) < 4.78 is 28.9. The minimum atomic E-state index is -1.00. The van der Waals surface area contributed by atoms with Crippen molar-refractivity contribution in [3.8, 4) is 0 Å². The first-order valence-electron chi connectivity index (χ1n) is 11.0. The maximum atomic E-state index is 13.8. The van der Waals surface area contributed by atoms with Gasteiger partial charge in [-0.3, -0.25) is 9.59 Å². The highest BCUT2D eigenvalue weighted by Crippen LogP contribution is 2.25. The molecule has 0 bridgehead atoms. The Bertz CT molecular complexity index is 1140. The molecule has 0 aliphatic carbocycles. The van der Waals surface area contributed by atoms with Crippen molar-refractivity contribution in [3.63, 3.8) is 0 Å². The number of hydrogen-bond acceptors (Lipinski definition) is 4. The van der Waals surface area contributed by atoms with Gasteiger partial charge in [-0.25, -0.2) is 13.8 Å². The standard InChI is InChI=1S/C24H27F2N5O2/c1-16(2)23(31-15-28-20-12-18(25)19(26)13-21(20)31)24(33)27-14-22(32)30-10-8-29(9-11-30)17-6-4-3-5-7-17/h3-7,12-13,15-16,23H,8-11,14H2,1-2H3,(H,27,33). The number of aromatic nitrogens is 2. The lowest BCUT2D eigenvalue weighted by Crippen LogP contribution is -2.51. The molecule has 0 saturated carbocycles. The maximum absolute atomic E-state index is 13.8. The van der Waals surface area contributed by atoms with Crippen LogP contribution in [0.15, 0.2) is 48.8 Å². The van der Waals surface area contributed by atoms with Crippen molar-refractivity contribution in [2.75, 3.05) is 37.6 Å². The third-order valence-corrected chi connectivity index (χ3v) is 5.98. The van der Waals surface area contributed by atoms with Crippen LogP contribution >= 0.6 is 0 Å². The Balaban J connectivity index is 1.38. The third kappa shape index (κ3) is 4.81. The van der Waals surface area contributed by atoms with Crippen LogP contribution in [0.1, 0.15) is 19.9 Å². The van der Waals surface area contributed by atoms with Gasteiger partial charge in [-0.1, -0.05) is 32.0 Å². The number of hydrogen-bond donors (Lipinski definition) is 1. The van der Waals surface area contributed by atoms with Crippen molar-refractivity contribution in [1.29, 1.82) is 0 Å². The fraction of sp³-hybridized carbons (Fsp3) is 0.375. The van der Waals surface area contributed by atoms with Crippen molar-refractivity contribution in [1.82, 2.24) is 19.8 Å². The number of amides is 2. The molecule has 1 unspecified atom stereocenters. The van der Waals surface area contributed by atoms with Crippen LogP contribution in [0.4, 0.5) is 14.5 Å². The lowest BCUT2D eigenvalue weighted by Gasteiger charge is -2.36. The molecule has 1 atom stereocenters. The monoisotopic (exact) mass is 455 g/mol. The number of para-hydroxylation sites is 1. The summed E-state index contributed by atoms with van der Waals surface area (Å²) in [6, 6.07) is 11.4. The average molecular weight is 456 g/mol. The Morgan fingerprint density at radius 1 is 1.03 bits per heavy atom. The second kappa shape index (κ2) is 9.56. The highest BCUT2D eigenvalue weighted by molar-refractivity contribution is 5.88. The molecular weight excluding hydrogens is 428 g/mol. The summed E-state index contributed by atoms with van der Waals surface area (Å²) in [4.78, 5) is 33.8. The lowest BCUT2D eigenvalue weighted by molar-refractivity contribution is -0.134. The molecule has 1 aliphatic heterocycles. The molecule has 2 amide bonds. The smallest absolute Gasteiger partial charge is 0.243 e. The number of piperazine rings is 1. The first-order valence-corrected chi connectivity index (χ1v) is 11.0. The summed E-state index contributed by atoms with van der Waals surface area (Å²) in [5.74, 6) is -2.68. The summed E-state index contributed by atoms with van der Waals surface area (Å²) >= 11 is 0. The summed E-state index contributed by atoms with van der Waals surface area (Å²) in [7, 11) is 0. The molecule has 1 fully saturated rings. The van der Waals surface area contributed by atoms with E-state index in [1.165, 1.54) is 10.9 Å². The van der Waals surface area contributed by atoms with Crippen molar-refractivity contribution in [3.05, 3.63) is 60.4 Å². The molecule has 1 aromatic heterocycles. The third-order valence-electron chi connectivity index (χ3n) is 5.98. The molecule has 7 nitrogen and oxygen atoms in total. The van der Waals surface area contributed by atoms with E-state index in [2.05, 4.69) is 15.2 Å². The maximum Gasteiger partial charge on any atom is 0.243 e. The fourth-order valence-electron chi connectivity index (χ4n) is 4.23. The zero-order valence-corrected chi connectivity index (χ0v) is 18.7. The quantitative estimate of drug-likeness (QED) is 0.621. The van der Waals surface area contributed by atoms with Crippen LogP contribution in [-0.2, 0) is 9.59 Å². The Morgan fingerprint density at radius 3 is 2.36 bits per heavy atom. The number of halogens is 2. The highest BCUT2D eigenvalue weighted by atomic mass is 19.2. The number of nitrogens with one attached hydrogen (secondary N) is 1. The molecule has 2 aromatic carbocycles. The van der Waals surface area contributed by atoms with E-state index >= 15 is 0 Å². The predicted octanol–water partition coefficient (Wildman–Crippen LogP) is 2.98. The number of anilines is 1. The number of carbonyl (C=O) groups excluding carboxylic acids is 2. The van der Waals surface area contributed by atoms with Gasteiger partial charge in [-0.15, -0.1) is 0 Å². The number of imidazole rings is 1. The Kier molecular flexibility index (Phi) is 6.57. The van der Waals surface area contributed by atoms with Crippen LogP contribution in [-0.4, -0.2) is 59.0 Å². The molecule has 1 N–H and O–H groups in total. The van der Waals surface area contributed by atoms with Crippen molar-refractivity contribution < 1.29 is 18.4 Å². The van der Waals surface area contributed by atoms with Crippen molar-refractivity contribution in [2.45, 2.75) is 19.9 Å². The first-order chi connectivity index (χ1) is 15.8. The second-order valence-electron chi connectivity index (χ2n) is 8.52. The van der Waals surface area contributed by atoms with Gasteiger partial charge >= 0.3 is 0 Å². The number of fused-ring (bicyclic) bond motifs is 1. The second-order valence-corrected chi connectivity index (χ2v) is 8.52. The zero-order valence-electron chi connectivity index (χ0n) is 18.7. The van der Waals surface area contributed by atoms with Crippen LogP contribution in [0.3, 0.4) is 0 Å². The number of nitrogens with zero attached hydrogens (tertiary/aromatic N) is 4. The predicted molar refractivity (Wildman–Crippen MR) is 122 cm³/mol. The fourth-order valence-corrected chi connectivity index (χ4v) is 4.23. The van der Waals surface area contributed by atoms with E-state index in [0.29, 0.717) is 18.6 Å². The van der Waals surface area contributed by atoms with Crippen LogP contribution in [0.2, 0.25) is 0 Å². The van der Waals surface area contributed by atoms with Gasteiger partial charge in [-0.05, 0) is 18.1 Å². The van der Waals surface area contributed by atoms with E-state index in [4.69, 9.17) is 0 Å². The van der Waals surface area contributed by atoms with Gasteiger partial charge in [0.05, 0.1) is 23.9 Å². The summed E-state index contributed by atoms with van der Waals surface area (Å²) in [5, 5.41) is 2.72. The highest BCUT2D eigenvalue weighted by Gasteiger charge is 2.28. The Labute approximate surface area is 191 Å². The van der Waals surface area contributed by atoms with E-state index in [-0.39, 0.29) is 29.8 Å². The van der Waals surface area contributed by atoms with Crippen LogP contribution < -0.4 is 10.2 Å². The van der Waals surface area contributed by atoms with E-state index in [9.17, 15) is 18.4 Å². The minimum Gasteiger partial charge on any atom is -0.368 e. The van der Waals surface area contributed by atoms with Gasteiger partial charge in [0.2, 0.25) is 11.8 Å². The zero-order chi connectivity index (χ0) is 23.5.